The van der Waals surface area contributed by atoms with Crippen LogP contribution in [0.1, 0.15) is 10.4 Å². The van der Waals surface area contributed by atoms with Gasteiger partial charge in [-0.2, -0.15) is 4.31 Å². The quantitative estimate of drug-likeness (QED) is 0.743. The summed E-state index contributed by atoms with van der Waals surface area (Å²) in [7, 11) is -3.90. The van der Waals surface area contributed by atoms with Crippen molar-refractivity contribution in [1.29, 1.82) is 0 Å². The van der Waals surface area contributed by atoms with Gasteiger partial charge in [-0.15, -0.1) is 0 Å². The minimum atomic E-state index is -3.90. The summed E-state index contributed by atoms with van der Waals surface area (Å²) in [4.78, 5) is 13.6. The Balaban J connectivity index is 1.76. The highest BCUT2D eigenvalue weighted by atomic mass is 35.5. The molecule has 0 aromatic heterocycles. The Morgan fingerprint density at radius 3 is 2.26 bits per heavy atom. The van der Waals surface area contributed by atoms with E-state index in [1.54, 1.807) is 0 Å². The second-order valence-electron chi connectivity index (χ2n) is 5.85. The van der Waals surface area contributed by atoms with Gasteiger partial charge >= 0.3 is 0 Å². The molecule has 3 rings (SSSR count). The molecule has 1 amide bonds. The predicted octanol–water partition coefficient (Wildman–Crippen LogP) is 3.42. The molecule has 5 nitrogen and oxygen atoms in total. The maximum Gasteiger partial charge on any atom is 0.257 e. The van der Waals surface area contributed by atoms with E-state index in [0.717, 1.165) is 6.07 Å². The Morgan fingerprint density at radius 2 is 1.59 bits per heavy atom. The van der Waals surface area contributed by atoms with E-state index in [0.29, 0.717) is 0 Å². The van der Waals surface area contributed by atoms with Crippen molar-refractivity contribution in [1.82, 2.24) is 9.21 Å². The molecule has 0 spiro atoms. The first-order valence-corrected chi connectivity index (χ1v) is 10.1. The molecule has 0 N–H and O–H groups in total. The van der Waals surface area contributed by atoms with Crippen molar-refractivity contribution >= 4 is 39.1 Å². The summed E-state index contributed by atoms with van der Waals surface area (Å²) in [6.45, 7) is 0.0557. The molecule has 2 aromatic carbocycles. The number of carbonyl (C=O) groups is 1. The Labute approximate surface area is 165 Å². The number of nitrogens with zero attached hydrogens (tertiary/aromatic N) is 2. The molecular formula is C17H14Cl2F2N2O3S. The van der Waals surface area contributed by atoms with Crippen LogP contribution < -0.4 is 0 Å². The predicted molar refractivity (Wildman–Crippen MR) is 97.5 cm³/mol. The highest BCUT2D eigenvalue weighted by Gasteiger charge is 2.33. The van der Waals surface area contributed by atoms with E-state index in [1.165, 1.54) is 39.5 Å². The molecule has 1 saturated heterocycles. The van der Waals surface area contributed by atoms with Crippen molar-refractivity contribution in [2.75, 3.05) is 26.2 Å². The van der Waals surface area contributed by atoms with Crippen LogP contribution in [0.5, 0.6) is 0 Å². The number of hydrogen-bond acceptors (Lipinski definition) is 3. The van der Waals surface area contributed by atoms with Gasteiger partial charge in [-0.25, -0.2) is 17.2 Å². The lowest BCUT2D eigenvalue weighted by Crippen LogP contribution is -2.50. The van der Waals surface area contributed by atoms with Crippen LogP contribution in [0.3, 0.4) is 0 Å². The van der Waals surface area contributed by atoms with Crippen LogP contribution in [0.2, 0.25) is 10.0 Å². The third-order valence-electron chi connectivity index (χ3n) is 4.24. The van der Waals surface area contributed by atoms with Gasteiger partial charge in [0.2, 0.25) is 10.0 Å². The molecule has 27 heavy (non-hydrogen) atoms. The molecule has 1 aliphatic rings. The lowest BCUT2D eigenvalue weighted by Gasteiger charge is -2.34. The Hall–Kier alpha value is -1.74. The monoisotopic (exact) mass is 434 g/mol. The van der Waals surface area contributed by atoms with Crippen LogP contribution in [0.15, 0.2) is 41.3 Å². The first-order valence-electron chi connectivity index (χ1n) is 7.91. The zero-order valence-electron chi connectivity index (χ0n) is 13.8. The zero-order chi connectivity index (χ0) is 19.8. The van der Waals surface area contributed by atoms with Crippen molar-refractivity contribution in [3.05, 3.63) is 63.6 Å². The second-order valence-corrected chi connectivity index (χ2v) is 8.54. The smallest absolute Gasteiger partial charge is 0.257 e. The van der Waals surface area contributed by atoms with Gasteiger partial charge in [0.25, 0.3) is 5.91 Å². The molecule has 0 unspecified atom stereocenters. The Kier molecular flexibility index (Phi) is 5.71. The summed E-state index contributed by atoms with van der Waals surface area (Å²) in [5, 5.41) is 0.0487. The van der Waals surface area contributed by atoms with Gasteiger partial charge in [0.05, 0.1) is 15.6 Å². The molecule has 1 fully saturated rings. The van der Waals surface area contributed by atoms with E-state index in [1.807, 2.05) is 0 Å². The van der Waals surface area contributed by atoms with Crippen molar-refractivity contribution in [2.24, 2.45) is 0 Å². The average molecular weight is 435 g/mol. The molecule has 0 aliphatic carbocycles. The van der Waals surface area contributed by atoms with Crippen LogP contribution >= 0.6 is 23.2 Å². The van der Waals surface area contributed by atoms with Crippen LogP contribution in [-0.4, -0.2) is 49.7 Å². The lowest BCUT2D eigenvalue weighted by molar-refractivity contribution is 0.0692. The van der Waals surface area contributed by atoms with Gasteiger partial charge < -0.3 is 4.90 Å². The van der Waals surface area contributed by atoms with Gasteiger partial charge in [-0.3, -0.25) is 4.79 Å². The summed E-state index contributed by atoms with van der Waals surface area (Å²) in [6.07, 6.45) is 0. The van der Waals surface area contributed by atoms with E-state index in [-0.39, 0.29) is 46.7 Å². The van der Waals surface area contributed by atoms with Crippen molar-refractivity contribution in [3.63, 3.8) is 0 Å². The molecule has 1 aliphatic heterocycles. The second kappa shape index (κ2) is 7.71. The summed E-state index contributed by atoms with van der Waals surface area (Å²) >= 11 is 11.9. The largest absolute Gasteiger partial charge is 0.336 e. The van der Waals surface area contributed by atoms with E-state index < -0.39 is 27.6 Å². The number of halogens is 4. The number of sulfonamides is 1. The number of hydrogen-bond donors (Lipinski definition) is 0. The minimum Gasteiger partial charge on any atom is -0.336 e. The zero-order valence-corrected chi connectivity index (χ0v) is 16.2. The highest BCUT2D eigenvalue weighted by Crippen LogP contribution is 2.31. The normalized spacial score (nSPS) is 15.8. The Bertz CT molecular complexity index is 994. The summed E-state index contributed by atoms with van der Waals surface area (Å²) in [5.41, 5.74) is -0.385. The molecule has 0 bridgehead atoms. The summed E-state index contributed by atoms with van der Waals surface area (Å²) in [6, 6.07) is 7.66. The summed E-state index contributed by atoms with van der Waals surface area (Å²) < 4.78 is 53.9. The van der Waals surface area contributed by atoms with E-state index >= 15 is 0 Å². The highest BCUT2D eigenvalue weighted by molar-refractivity contribution is 7.89. The number of piperazine rings is 1. The van der Waals surface area contributed by atoms with Gasteiger partial charge in [0.15, 0.2) is 11.6 Å². The van der Waals surface area contributed by atoms with Crippen molar-refractivity contribution < 1.29 is 22.0 Å². The van der Waals surface area contributed by atoms with Gasteiger partial charge in [-0.1, -0.05) is 35.3 Å². The molecule has 2 aromatic rings. The number of benzene rings is 2. The van der Waals surface area contributed by atoms with Crippen molar-refractivity contribution in [3.8, 4) is 0 Å². The maximum absolute atomic E-state index is 13.8. The third kappa shape index (κ3) is 3.80. The van der Waals surface area contributed by atoms with Crippen molar-refractivity contribution in [2.45, 2.75) is 4.90 Å². The van der Waals surface area contributed by atoms with Gasteiger partial charge in [0.1, 0.15) is 4.90 Å². The molecule has 0 saturated carbocycles. The molecule has 1 heterocycles. The topological polar surface area (TPSA) is 57.7 Å². The standard InChI is InChI=1S/C17H14Cl2F2N2O3S/c18-12-4-2-6-14(15(12)19)27(25,26)23-9-7-22(8-10-23)17(24)11-3-1-5-13(20)16(11)21/h1-6H,7-10H2. The first-order chi connectivity index (χ1) is 12.7. The van der Waals surface area contributed by atoms with Crippen LogP contribution in [0.25, 0.3) is 0 Å². The summed E-state index contributed by atoms with van der Waals surface area (Å²) in [5.74, 6) is -3.02. The van der Waals surface area contributed by atoms with E-state index in [4.69, 9.17) is 23.2 Å². The van der Waals surface area contributed by atoms with E-state index in [2.05, 4.69) is 0 Å². The lowest BCUT2D eigenvalue weighted by atomic mass is 10.1. The maximum atomic E-state index is 13.8. The number of carbonyl (C=O) groups excluding carboxylic acids is 1. The third-order valence-corrected chi connectivity index (χ3v) is 7.11. The minimum absolute atomic E-state index is 0.00610. The number of rotatable bonds is 3. The fourth-order valence-corrected chi connectivity index (χ4v) is 4.95. The molecule has 0 radical (unpaired) electrons. The van der Waals surface area contributed by atoms with Gasteiger partial charge in [-0.05, 0) is 24.3 Å². The van der Waals surface area contributed by atoms with E-state index in [9.17, 15) is 22.0 Å². The van der Waals surface area contributed by atoms with Crippen LogP contribution in [0.4, 0.5) is 8.78 Å². The SMILES string of the molecule is O=C(c1cccc(F)c1F)N1CCN(S(=O)(=O)c2cccc(Cl)c2Cl)CC1. The van der Waals surface area contributed by atoms with Gasteiger partial charge in [0, 0.05) is 26.2 Å². The number of amides is 1. The average Bonchev–Trinajstić information content (AvgIpc) is 2.65. The Morgan fingerprint density at radius 1 is 0.963 bits per heavy atom. The molecular weight excluding hydrogens is 421 g/mol. The molecule has 0 atom stereocenters. The fraction of sp³-hybridized carbons (Fsp3) is 0.235. The van der Waals surface area contributed by atoms with Crippen LogP contribution in [0, 0.1) is 11.6 Å². The fourth-order valence-electron chi connectivity index (χ4n) is 2.79. The molecule has 10 heteroatoms. The van der Waals surface area contributed by atoms with Crippen LogP contribution in [-0.2, 0) is 10.0 Å². The molecule has 144 valence electrons. The first kappa shape index (κ1) is 20.0.